The first-order chi connectivity index (χ1) is 8.63. The first kappa shape index (κ1) is 15.4. The van der Waals surface area contributed by atoms with E-state index >= 15 is 0 Å². The van der Waals surface area contributed by atoms with E-state index in [9.17, 15) is 4.79 Å². The second-order valence-corrected chi connectivity index (χ2v) is 5.46. The molecule has 0 atom stereocenters. The van der Waals surface area contributed by atoms with Gasteiger partial charge in [-0.15, -0.1) is 0 Å². The number of hydrogen-bond donors (Lipinski definition) is 1. The van der Waals surface area contributed by atoms with Crippen molar-refractivity contribution in [2.75, 3.05) is 32.7 Å². The Balaban J connectivity index is 2.17. The summed E-state index contributed by atoms with van der Waals surface area (Å²) >= 11 is 4.90. The number of thiocarbonyl (C=S) groups is 1. The van der Waals surface area contributed by atoms with Crippen LogP contribution in [0.3, 0.4) is 0 Å². The van der Waals surface area contributed by atoms with Crippen LogP contribution in [0.5, 0.6) is 0 Å². The van der Waals surface area contributed by atoms with Gasteiger partial charge in [0.1, 0.15) is 0 Å². The third kappa shape index (κ3) is 5.78. The van der Waals surface area contributed by atoms with Gasteiger partial charge in [0, 0.05) is 39.1 Å². The maximum atomic E-state index is 11.9. The summed E-state index contributed by atoms with van der Waals surface area (Å²) in [5.41, 5.74) is 5.52. The lowest BCUT2D eigenvalue weighted by molar-refractivity contribution is -0.132. The standard InChI is InChI=1S/C13H25N3OS/c1-2-3-4-5-6-13(17)16-9-7-15(8-10-16)11-12(14)18/h2-11H2,1H3,(H2,14,18). The summed E-state index contributed by atoms with van der Waals surface area (Å²) in [7, 11) is 0. The highest BCUT2D eigenvalue weighted by Crippen LogP contribution is 2.08. The molecule has 0 aromatic rings. The van der Waals surface area contributed by atoms with Crippen LogP contribution in [0.25, 0.3) is 0 Å². The highest BCUT2D eigenvalue weighted by molar-refractivity contribution is 7.80. The minimum atomic E-state index is 0.307. The summed E-state index contributed by atoms with van der Waals surface area (Å²) in [4.78, 5) is 16.7. The Hall–Kier alpha value is -0.680. The van der Waals surface area contributed by atoms with Crippen LogP contribution in [0.4, 0.5) is 0 Å². The molecule has 0 spiro atoms. The molecule has 0 unspecified atom stereocenters. The number of rotatable bonds is 7. The van der Waals surface area contributed by atoms with Crippen LogP contribution >= 0.6 is 12.2 Å². The molecule has 1 rings (SSSR count). The number of amides is 1. The van der Waals surface area contributed by atoms with E-state index in [1.807, 2.05) is 4.90 Å². The van der Waals surface area contributed by atoms with E-state index in [2.05, 4.69) is 11.8 Å². The lowest BCUT2D eigenvalue weighted by Gasteiger charge is -2.34. The van der Waals surface area contributed by atoms with Crippen molar-refractivity contribution in [2.45, 2.75) is 39.0 Å². The second kappa shape index (κ2) is 8.43. The van der Waals surface area contributed by atoms with Gasteiger partial charge in [0.15, 0.2) is 0 Å². The molecule has 0 bridgehead atoms. The molecule has 1 aliphatic heterocycles. The molecule has 4 nitrogen and oxygen atoms in total. The molecule has 2 N–H and O–H groups in total. The molecule has 0 aromatic heterocycles. The van der Waals surface area contributed by atoms with Crippen molar-refractivity contribution >= 4 is 23.1 Å². The zero-order valence-corrected chi connectivity index (χ0v) is 12.2. The minimum absolute atomic E-state index is 0.307. The summed E-state index contributed by atoms with van der Waals surface area (Å²) in [5.74, 6) is 0.307. The van der Waals surface area contributed by atoms with Gasteiger partial charge >= 0.3 is 0 Å². The Morgan fingerprint density at radius 3 is 2.39 bits per heavy atom. The van der Waals surface area contributed by atoms with Crippen molar-refractivity contribution in [1.29, 1.82) is 0 Å². The molecule has 1 aliphatic rings. The van der Waals surface area contributed by atoms with Gasteiger partial charge in [-0.25, -0.2) is 0 Å². The molecule has 104 valence electrons. The van der Waals surface area contributed by atoms with E-state index in [0.717, 1.165) is 32.6 Å². The fraction of sp³-hybridized carbons (Fsp3) is 0.846. The van der Waals surface area contributed by atoms with E-state index in [-0.39, 0.29) is 0 Å². The molecule has 0 aromatic carbocycles. The number of nitrogens with zero attached hydrogens (tertiary/aromatic N) is 2. The Morgan fingerprint density at radius 1 is 1.17 bits per heavy atom. The summed E-state index contributed by atoms with van der Waals surface area (Å²) in [5, 5.41) is 0. The molecular weight excluding hydrogens is 246 g/mol. The van der Waals surface area contributed by atoms with Gasteiger partial charge in [-0.05, 0) is 6.42 Å². The Morgan fingerprint density at radius 2 is 1.83 bits per heavy atom. The number of carbonyl (C=O) groups is 1. The van der Waals surface area contributed by atoms with Crippen LogP contribution in [-0.2, 0) is 4.79 Å². The molecular formula is C13H25N3OS. The van der Waals surface area contributed by atoms with Gasteiger partial charge in [0.2, 0.25) is 5.91 Å². The van der Waals surface area contributed by atoms with Crippen LogP contribution < -0.4 is 5.73 Å². The summed E-state index contributed by atoms with van der Waals surface area (Å²) < 4.78 is 0. The molecule has 1 saturated heterocycles. The molecule has 1 amide bonds. The normalized spacial score (nSPS) is 16.8. The average molecular weight is 271 g/mol. The zero-order chi connectivity index (χ0) is 13.4. The Bertz CT molecular complexity index is 275. The van der Waals surface area contributed by atoms with Crippen molar-refractivity contribution in [3.8, 4) is 0 Å². The molecule has 0 saturated carbocycles. The Kier molecular flexibility index (Phi) is 7.20. The summed E-state index contributed by atoms with van der Waals surface area (Å²) in [6.07, 6.45) is 5.35. The maximum Gasteiger partial charge on any atom is 0.222 e. The van der Waals surface area contributed by atoms with Crippen LogP contribution in [0.15, 0.2) is 0 Å². The Labute approximate surface area is 115 Å². The maximum absolute atomic E-state index is 11.9. The third-order valence-corrected chi connectivity index (χ3v) is 3.48. The van der Waals surface area contributed by atoms with E-state index < -0.39 is 0 Å². The topological polar surface area (TPSA) is 49.6 Å². The van der Waals surface area contributed by atoms with Gasteiger partial charge in [-0.2, -0.15) is 0 Å². The highest BCUT2D eigenvalue weighted by atomic mass is 32.1. The van der Waals surface area contributed by atoms with Crippen molar-refractivity contribution < 1.29 is 4.79 Å². The van der Waals surface area contributed by atoms with Crippen molar-refractivity contribution in [1.82, 2.24) is 9.80 Å². The number of carbonyl (C=O) groups excluding carboxylic acids is 1. The quantitative estimate of drug-likeness (QED) is 0.561. The molecule has 18 heavy (non-hydrogen) atoms. The van der Waals surface area contributed by atoms with Crippen LogP contribution in [0.2, 0.25) is 0 Å². The highest BCUT2D eigenvalue weighted by Gasteiger charge is 2.20. The fourth-order valence-electron chi connectivity index (χ4n) is 2.24. The SMILES string of the molecule is CCCCCCC(=O)N1CCN(CC(N)=S)CC1. The lowest BCUT2D eigenvalue weighted by atomic mass is 10.1. The average Bonchev–Trinajstić information content (AvgIpc) is 2.34. The first-order valence-corrected chi connectivity index (χ1v) is 7.32. The molecule has 0 radical (unpaired) electrons. The largest absolute Gasteiger partial charge is 0.392 e. The second-order valence-electron chi connectivity index (χ2n) is 4.93. The van der Waals surface area contributed by atoms with Gasteiger partial charge in [0.25, 0.3) is 0 Å². The van der Waals surface area contributed by atoms with Gasteiger partial charge in [-0.1, -0.05) is 38.4 Å². The summed E-state index contributed by atoms with van der Waals surface area (Å²) in [6.45, 7) is 6.26. The van der Waals surface area contributed by atoms with E-state index in [0.29, 0.717) is 23.9 Å². The van der Waals surface area contributed by atoms with Crippen molar-refractivity contribution in [2.24, 2.45) is 5.73 Å². The third-order valence-electron chi connectivity index (χ3n) is 3.35. The smallest absolute Gasteiger partial charge is 0.222 e. The monoisotopic (exact) mass is 271 g/mol. The zero-order valence-electron chi connectivity index (χ0n) is 11.4. The van der Waals surface area contributed by atoms with Crippen molar-refractivity contribution in [3.63, 3.8) is 0 Å². The predicted octanol–water partition coefficient (Wildman–Crippen LogP) is 1.39. The predicted molar refractivity (Wildman–Crippen MR) is 78.6 cm³/mol. The van der Waals surface area contributed by atoms with E-state index in [4.69, 9.17) is 18.0 Å². The molecule has 5 heteroatoms. The van der Waals surface area contributed by atoms with Crippen LogP contribution in [0.1, 0.15) is 39.0 Å². The lowest BCUT2D eigenvalue weighted by Crippen LogP contribution is -2.50. The number of hydrogen-bond acceptors (Lipinski definition) is 3. The van der Waals surface area contributed by atoms with Gasteiger partial charge in [0.05, 0.1) is 4.99 Å². The number of nitrogens with two attached hydrogens (primary N) is 1. The fourth-order valence-corrected chi connectivity index (χ4v) is 2.42. The summed E-state index contributed by atoms with van der Waals surface area (Å²) in [6, 6.07) is 0. The number of unbranched alkanes of at least 4 members (excludes halogenated alkanes) is 3. The van der Waals surface area contributed by atoms with E-state index in [1.165, 1.54) is 19.3 Å². The van der Waals surface area contributed by atoms with Crippen molar-refractivity contribution in [3.05, 3.63) is 0 Å². The minimum Gasteiger partial charge on any atom is -0.392 e. The number of piperazine rings is 1. The van der Waals surface area contributed by atoms with Gasteiger partial charge in [-0.3, -0.25) is 9.69 Å². The van der Waals surface area contributed by atoms with E-state index in [1.54, 1.807) is 0 Å². The van der Waals surface area contributed by atoms with Gasteiger partial charge < -0.3 is 10.6 Å². The molecule has 0 aliphatic carbocycles. The van der Waals surface area contributed by atoms with Crippen LogP contribution in [-0.4, -0.2) is 53.4 Å². The first-order valence-electron chi connectivity index (χ1n) is 6.92. The molecule has 1 fully saturated rings. The van der Waals surface area contributed by atoms with Crippen LogP contribution in [0, 0.1) is 0 Å². The molecule has 1 heterocycles.